The van der Waals surface area contributed by atoms with Crippen LogP contribution in [-0.4, -0.2) is 204 Å². The molecule has 3 fully saturated rings. The summed E-state index contributed by atoms with van der Waals surface area (Å²) < 4.78 is 65.3. The molecular weight excluding hydrogens is 1340 g/mol. The molecule has 0 amide bonds. The maximum atomic E-state index is 14.4. The lowest BCUT2D eigenvalue weighted by Crippen LogP contribution is -2.69. The van der Waals surface area contributed by atoms with Gasteiger partial charge in [0, 0.05) is 19.3 Å². The molecule has 20 unspecified atom stereocenters. The number of unbranched alkanes of at least 4 members (excludes halogenated alkanes) is 31. The lowest BCUT2D eigenvalue weighted by molar-refractivity contribution is -0.360. The Hall–Kier alpha value is -2.30. The Bertz CT molecular complexity index is 2180. The van der Waals surface area contributed by atoms with E-state index in [0.29, 0.717) is 31.1 Å². The average Bonchev–Trinajstić information content (AvgIpc) is 0.762. The van der Waals surface area contributed by atoms with Crippen molar-refractivity contribution >= 4 is 25.7 Å². The minimum absolute atomic E-state index is 0.0294. The summed E-state index contributed by atoms with van der Waals surface area (Å²) in [5, 5.41) is 110. The molecule has 3 aliphatic rings. The molecule has 20 atom stereocenters. The molecule has 0 radical (unpaired) electrons. The van der Waals surface area contributed by atoms with Gasteiger partial charge in [0.25, 0.3) is 0 Å². The van der Waals surface area contributed by atoms with Gasteiger partial charge in [-0.15, -0.1) is 0 Å². The molecule has 3 rings (SSSR count). The number of esters is 3. The van der Waals surface area contributed by atoms with Crippen LogP contribution >= 0.6 is 7.82 Å². The zero-order valence-electron chi connectivity index (χ0n) is 63.2. The first kappa shape index (κ1) is 93.9. The number of hydrogen-bond acceptors (Lipinski definition) is 23. The molecule has 1 aliphatic carbocycles. The van der Waals surface area contributed by atoms with E-state index in [-0.39, 0.29) is 19.3 Å². The first-order valence-corrected chi connectivity index (χ1v) is 41.8. The highest BCUT2D eigenvalue weighted by molar-refractivity contribution is 7.47. The summed E-state index contributed by atoms with van der Waals surface area (Å²) in [5.41, 5.74) is 0. The molecule has 25 heteroatoms. The molecule has 0 spiro atoms. The largest absolute Gasteiger partial charge is 0.472 e. The lowest BCUT2D eigenvalue weighted by atomic mass is 9.84. The van der Waals surface area contributed by atoms with Crippen LogP contribution < -0.4 is 0 Å². The fourth-order valence-corrected chi connectivity index (χ4v) is 14.6. The second-order valence-corrected chi connectivity index (χ2v) is 31.1. The number of rotatable bonds is 62. The summed E-state index contributed by atoms with van der Waals surface area (Å²) in [6.45, 7) is 8.10. The Labute approximate surface area is 612 Å². The maximum Gasteiger partial charge on any atom is 0.472 e. The molecule has 0 aromatic carbocycles. The van der Waals surface area contributed by atoms with Crippen LogP contribution in [0.2, 0.25) is 0 Å². The predicted octanol–water partition coefficient (Wildman–Crippen LogP) is 12.0. The van der Waals surface area contributed by atoms with E-state index in [0.717, 1.165) is 116 Å². The molecule has 2 heterocycles. The Kier molecular flexibility index (Phi) is 52.4. The maximum absolute atomic E-state index is 14.4. The highest BCUT2D eigenvalue weighted by atomic mass is 31.2. The molecule has 0 aromatic heterocycles. The molecule has 102 heavy (non-hydrogen) atoms. The number of carbonyl (C=O) groups excluding carboxylic acids is 3. The van der Waals surface area contributed by atoms with Crippen LogP contribution in [0.5, 0.6) is 0 Å². The standard InChI is InChI=1S/C77H143O24P/c1-6-9-12-15-18-19-20-21-22-23-24-25-26-35-42-49-61(79)93-53-58(96-63(81)51-44-37-30-28-34-41-48-57(5)46-39-32-17-14-11-8-3)54-95-102(91,92)101-75-73(99-76-71(89)66(84)64(82)59(52-78)97-76)69(87)68(86)70(88)74(75)100-77-72(90)67(85)65(83)60(98-77)55-94-62(80)50-43-36-29-27-33-40-47-56(4)45-38-31-16-13-10-7-2/h19-20,56-60,64-78,82-90H,6-18,21-55H2,1-5H3,(H,91,92)/b20-19-. The number of aliphatic hydroxyl groups is 10. The van der Waals surface area contributed by atoms with Crippen LogP contribution in [0.4, 0.5) is 0 Å². The highest BCUT2D eigenvalue weighted by Crippen LogP contribution is 2.49. The highest BCUT2D eigenvalue weighted by Gasteiger charge is 2.58. The molecule has 2 saturated heterocycles. The van der Waals surface area contributed by atoms with Crippen molar-refractivity contribution in [1.29, 1.82) is 0 Å². The van der Waals surface area contributed by atoms with Gasteiger partial charge in [-0.25, -0.2) is 4.57 Å². The van der Waals surface area contributed by atoms with Gasteiger partial charge in [0.15, 0.2) is 18.7 Å². The van der Waals surface area contributed by atoms with Crippen LogP contribution in [-0.2, 0) is 61.2 Å². The zero-order valence-corrected chi connectivity index (χ0v) is 64.1. The monoisotopic (exact) mass is 1480 g/mol. The lowest BCUT2D eigenvalue weighted by Gasteiger charge is -2.49. The van der Waals surface area contributed by atoms with Gasteiger partial charge in [-0.3, -0.25) is 23.4 Å². The smallest absolute Gasteiger partial charge is 0.463 e. The Morgan fingerprint density at radius 3 is 1.17 bits per heavy atom. The minimum Gasteiger partial charge on any atom is -0.463 e. The van der Waals surface area contributed by atoms with E-state index >= 15 is 0 Å². The van der Waals surface area contributed by atoms with Crippen molar-refractivity contribution in [2.45, 2.75) is 421 Å². The number of hydrogen-bond donors (Lipinski definition) is 11. The predicted molar refractivity (Wildman–Crippen MR) is 388 cm³/mol. The second-order valence-electron chi connectivity index (χ2n) is 29.7. The molecule has 11 N–H and O–H groups in total. The summed E-state index contributed by atoms with van der Waals surface area (Å²) in [5.74, 6) is -0.612. The summed E-state index contributed by atoms with van der Waals surface area (Å²) in [7, 11) is -5.70. The van der Waals surface area contributed by atoms with Crippen LogP contribution in [0, 0.1) is 11.8 Å². The Balaban J connectivity index is 1.73. The van der Waals surface area contributed by atoms with E-state index in [4.69, 9.17) is 42.2 Å². The number of phosphoric acid groups is 1. The van der Waals surface area contributed by atoms with Crippen molar-refractivity contribution in [2.75, 3.05) is 26.4 Å². The quantitative estimate of drug-likeness (QED) is 0.00886. The molecule has 2 aliphatic heterocycles. The van der Waals surface area contributed by atoms with Crippen molar-refractivity contribution in [3.05, 3.63) is 12.2 Å². The summed E-state index contributed by atoms with van der Waals surface area (Å²) in [6.07, 6.45) is 14.1. The van der Waals surface area contributed by atoms with E-state index in [1.807, 2.05) is 0 Å². The average molecular weight is 1480 g/mol. The third kappa shape index (κ3) is 39.7. The van der Waals surface area contributed by atoms with Gasteiger partial charge in [-0.2, -0.15) is 0 Å². The number of carbonyl (C=O) groups is 3. The van der Waals surface area contributed by atoms with Gasteiger partial charge in [-0.1, -0.05) is 265 Å². The van der Waals surface area contributed by atoms with Crippen molar-refractivity contribution in [3.63, 3.8) is 0 Å². The van der Waals surface area contributed by atoms with Gasteiger partial charge in [0.2, 0.25) is 0 Å². The van der Waals surface area contributed by atoms with Crippen molar-refractivity contribution < 1.29 is 117 Å². The van der Waals surface area contributed by atoms with Crippen LogP contribution in [0.25, 0.3) is 0 Å². The Morgan fingerprint density at radius 2 is 0.745 bits per heavy atom. The van der Waals surface area contributed by atoms with Gasteiger partial charge in [0.05, 0.1) is 13.2 Å². The molecule has 600 valence electrons. The molecule has 1 saturated carbocycles. The molecule has 24 nitrogen and oxygen atoms in total. The first-order valence-electron chi connectivity index (χ1n) is 40.3. The van der Waals surface area contributed by atoms with Gasteiger partial charge in [-0.05, 0) is 56.8 Å². The third-order valence-corrected chi connectivity index (χ3v) is 21.3. The second kappa shape index (κ2) is 56.9. The normalized spacial score (nSPS) is 27.7. The third-order valence-electron chi connectivity index (χ3n) is 20.3. The summed E-state index contributed by atoms with van der Waals surface area (Å²) in [4.78, 5) is 51.2. The van der Waals surface area contributed by atoms with Gasteiger partial charge in [0.1, 0.15) is 98.7 Å². The fraction of sp³-hybridized carbons (Fsp3) is 0.935. The van der Waals surface area contributed by atoms with E-state index < -0.39 is 156 Å². The van der Waals surface area contributed by atoms with Crippen molar-refractivity contribution in [3.8, 4) is 0 Å². The van der Waals surface area contributed by atoms with E-state index in [1.165, 1.54) is 128 Å². The molecule has 0 aromatic rings. The number of phosphoric ester groups is 1. The van der Waals surface area contributed by atoms with Gasteiger partial charge >= 0.3 is 25.7 Å². The topological polar surface area (TPSA) is 374 Å². The summed E-state index contributed by atoms with van der Waals surface area (Å²) in [6, 6.07) is 0. The van der Waals surface area contributed by atoms with Crippen molar-refractivity contribution in [2.24, 2.45) is 11.8 Å². The van der Waals surface area contributed by atoms with Crippen LogP contribution in [0.3, 0.4) is 0 Å². The molecule has 0 bridgehead atoms. The number of aliphatic hydroxyl groups excluding tert-OH is 10. The van der Waals surface area contributed by atoms with Crippen LogP contribution in [0.1, 0.15) is 317 Å². The first-order chi connectivity index (χ1) is 49.1. The van der Waals surface area contributed by atoms with Crippen LogP contribution in [0.15, 0.2) is 12.2 Å². The SMILES string of the molecule is CCCCCC/C=C\CCCCCCCCCC(=O)OCC(COP(=O)(O)OC1C(OC2OC(CO)C(O)C(O)C2O)C(O)C(O)C(O)C1OC1OC(COC(=O)CCCCCCCCC(C)CCCCCCCC)C(O)C(O)C1O)OC(=O)CCCCCCCCC(C)CCCCCCCC. The number of ether oxygens (including phenoxy) is 7. The van der Waals surface area contributed by atoms with Gasteiger partial charge < -0.3 is 89.1 Å². The minimum atomic E-state index is -5.70. The van der Waals surface area contributed by atoms with E-state index in [1.54, 1.807) is 0 Å². The Morgan fingerprint density at radius 1 is 0.402 bits per heavy atom. The summed E-state index contributed by atoms with van der Waals surface area (Å²) >= 11 is 0. The number of allylic oxidation sites excluding steroid dienone is 2. The zero-order chi connectivity index (χ0) is 74.9. The van der Waals surface area contributed by atoms with E-state index in [2.05, 4.69) is 46.8 Å². The van der Waals surface area contributed by atoms with E-state index in [9.17, 15) is 74.9 Å². The van der Waals surface area contributed by atoms with Crippen molar-refractivity contribution in [1.82, 2.24) is 0 Å². The molecular formula is C77H143O24P. The fourth-order valence-electron chi connectivity index (χ4n) is 13.6.